The van der Waals surface area contributed by atoms with E-state index in [-0.39, 0.29) is 18.4 Å². The normalized spacial score (nSPS) is 14.0. The highest BCUT2D eigenvalue weighted by atomic mass is 32.1. The van der Waals surface area contributed by atoms with Crippen molar-refractivity contribution in [2.45, 2.75) is 19.9 Å². The molecule has 140 valence electrons. The molecule has 4 rings (SSSR count). The number of anilines is 2. The second-order valence-corrected chi connectivity index (χ2v) is 8.05. The molecule has 1 aliphatic heterocycles. The van der Waals surface area contributed by atoms with Gasteiger partial charge in [-0.1, -0.05) is 5.16 Å². The SMILES string of the molecule is Cc1cc(NC(=O)CN2CCc3nc(NC(=O)c4ccsc4)sc3C2)no1. The molecule has 0 spiro atoms. The van der Waals surface area contributed by atoms with Gasteiger partial charge in [0.25, 0.3) is 5.91 Å². The molecule has 0 fully saturated rings. The van der Waals surface area contributed by atoms with Crippen molar-refractivity contribution >= 4 is 45.4 Å². The molecular weight excluding hydrogens is 386 g/mol. The molecule has 1 aliphatic rings. The minimum Gasteiger partial charge on any atom is -0.360 e. The van der Waals surface area contributed by atoms with Crippen LogP contribution in [0.3, 0.4) is 0 Å². The first-order valence-corrected chi connectivity index (χ1v) is 10.1. The van der Waals surface area contributed by atoms with E-state index in [1.807, 2.05) is 10.3 Å². The van der Waals surface area contributed by atoms with Crippen molar-refractivity contribution in [2.24, 2.45) is 0 Å². The summed E-state index contributed by atoms with van der Waals surface area (Å²) in [5.41, 5.74) is 1.62. The molecule has 0 aromatic carbocycles. The second kappa shape index (κ2) is 7.59. The third-order valence-corrected chi connectivity index (χ3v) is 5.76. The van der Waals surface area contributed by atoms with Gasteiger partial charge in [0.1, 0.15) is 5.76 Å². The van der Waals surface area contributed by atoms with Gasteiger partial charge in [0.05, 0.1) is 17.8 Å². The molecule has 0 atom stereocenters. The third-order valence-electron chi connectivity index (χ3n) is 4.08. The number of fused-ring (bicyclic) bond motifs is 1. The largest absolute Gasteiger partial charge is 0.360 e. The molecule has 2 amide bonds. The Kier molecular flexibility index (Phi) is 5.01. The van der Waals surface area contributed by atoms with E-state index in [0.29, 0.717) is 28.8 Å². The average molecular weight is 403 g/mol. The van der Waals surface area contributed by atoms with Gasteiger partial charge in [-0.05, 0) is 18.4 Å². The Morgan fingerprint density at radius 3 is 3.00 bits per heavy atom. The van der Waals surface area contributed by atoms with Crippen molar-refractivity contribution < 1.29 is 14.1 Å². The number of carbonyl (C=O) groups excluding carboxylic acids is 2. The van der Waals surface area contributed by atoms with Crippen LogP contribution in [0.2, 0.25) is 0 Å². The number of amides is 2. The van der Waals surface area contributed by atoms with Gasteiger partial charge in [-0.3, -0.25) is 19.8 Å². The molecular formula is C17H17N5O3S2. The Morgan fingerprint density at radius 1 is 1.37 bits per heavy atom. The Morgan fingerprint density at radius 2 is 2.26 bits per heavy atom. The number of aryl methyl sites for hydroxylation is 1. The van der Waals surface area contributed by atoms with Gasteiger partial charge < -0.3 is 9.84 Å². The van der Waals surface area contributed by atoms with Crippen molar-refractivity contribution in [2.75, 3.05) is 23.7 Å². The van der Waals surface area contributed by atoms with Crippen LogP contribution in [-0.4, -0.2) is 39.9 Å². The summed E-state index contributed by atoms with van der Waals surface area (Å²) < 4.78 is 4.94. The topological polar surface area (TPSA) is 100 Å². The zero-order chi connectivity index (χ0) is 18.8. The van der Waals surface area contributed by atoms with Gasteiger partial charge >= 0.3 is 0 Å². The molecule has 3 aromatic rings. The lowest BCUT2D eigenvalue weighted by Gasteiger charge is -2.24. The van der Waals surface area contributed by atoms with Crippen molar-refractivity contribution in [3.05, 3.63) is 44.8 Å². The monoisotopic (exact) mass is 403 g/mol. The second-order valence-electron chi connectivity index (χ2n) is 6.19. The van der Waals surface area contributed by atoms with Crippen molar-refractivity contribution in [3.63, 3.8) is 0 Å². The van der Waals surface area contributed by atoms with Crippen LogP contribution < -0.4 is 10.6 Å². The Balaban J connectivity index is 1.35. The van der Waals surface area contributed by atoms with Crippen LogP contribution in [0.1, 0.15) is 26.7 Å². The van der Waals surface area contributed by atoms with Gasteiger partial charge in [-0.25, -0.2) is 4.98 Å². The summed E-state index contributed by atoms with van der Waals surface area (Å²) in [5, 5.41) is 13.6. The quantitative estimate of drug-likeness (QED) is 0.679. The molecule has 0 aliphatic carbocycles. The first-order valence-electron chi connectivity index (χ1n) is 8.34. The zero-order valence-electron chi connectivity index (χ0n) is 14.5. The number of rotatable bonds is 5. The highest BCUT2D eigenvalue weighted by Gasteiger charge is 2.23. The fourth-order valence-electron chi connectivity index (χ4n) is 2.81. The van der Waals surface area contributed by atoms with Crippen LogP contribution in [0.15, 0.2) is 27.4 Å². The number of nitrogens with zero attached hydrogens (tertiary/aromatic N) is 3. The summed E-state index contributed by atoms with van der Waals surface area (Å²) >= 11 is 2.94. The van der Waals surface area contributed by atoms with E-state index >= 15 is 0 Å². The van der Waals surface area contributed by atoms with E-state index < -0.39 is 0 Å². The predicted octanol–water partition coefficient (Wildman–Crippen LogP) is 2.75. The Bertz CT molecular complexity index is 963. The highest BCUT2D eigenvalue weighted by Crippen LogP contribution is 2.28. The highest BCUT2D eigenvalue weighted by molar-refractivity contribution is 7.16. The van der Waals surface area contributed by atoms with Crippen LogP contribution in [-0.2, 0) is 17.8 Å². The smallest absolute Gasteiger partial charge is 0.258 e. The van der Waals surface area contributed by atoms with Crippen LogP contribution in [0.25, 0.3) is 0 Å². The van der Waals surface area contributed by atoms with Gasteiger partial charge in [0.2, 0.25) is 5.91 Å². The third kappa shape index (κ3) is 4.24. The van der Waals surface area contributed by atoms with Crippen molar-refractivity contribution in [1.82, 2.24) is 15.0 Å². The standard InChI is InChI=1S/C17H17N5O3S2/c1-10-6-14(21-25-10)19-15(23)8-22-4-2-12-13(7-22)27-17(18-12)20-16(24)11-3-5-26-9-11/h3,5-6,9H,2,4,7-8H2,1H3,(H,18,20,24)(H,19,21,23). The number of hydrogen-bond acceptors (Lipinski definition) is 8. The summed E-state index contributed by atoms with van der Waals surface area (Å²) in [7, 11) is 0. The lowest BCUT2D eigenvalue weighted by atomic mass is 10.2. The predicted molar refractivity (Wildman–Crippen MR) is 103 cm³/mol. The van der Waals surface area contributed by atoms with Crippen molar-refractivity contribution in [3.8, 4) is 0 Å². The maximum atomic E-state index is 12.2. The molecule has 3 aromatic heterocycles. The molecule has 2 N–H and O–H groups in total. The fraction of sp³-hybridized carbons (Fsp3) is 0.294. The van der Waals surface area contributed by atoms with Gasteiger partial charge in [-0.2, -0.15) is 11.3 Å². The fourth-order valence-corrected chi connectivity index (χ4v) is 4.49. The molecule has 0 radical (unpaired) electrons. The Labute approximate surface area is 163 Å². The molecule has 27 heavy (non-hydrogen) atoms. The molecule has 0 unspecified atom stereocenters. The van der Waals surface area contributed by atoms with Gasteiger partial charge in [-0.15, -0.1) is 11.3 Å². The average Bonchev–Trinajstić information content (AvgIpc) is 3.35. The van der Waals surface area contributed by atoms with E-state index in [2.05, 4.69) is 20.8 Å². The number of hydrogen-bond donors (Lipinski definition) is 2. The summed E-state index contributed by atoms with van der Waals surface area (Å²) in [6, 6.07) is 3.46. The van der Waals surface area contributed by atoms with Crippen molar-refractivity contribution in [1.29, 1.82) is 0 Å². The molecule has 0 bridgehead atoms. The first kappa shape index (κ1) is 17.8. The maximum absolute atomic E-state index is 12.2. The summed E-state index contributed by atoms with van der Waals surface area (Å²) in [5.74, 6) is 0.782. The zero-order valence-corrected chi connectivity index (χ0v) is 16.2. The van der Waals surface area contributed by atoms with Gasteiger partial charge in [0, 0.05) is 35.8 Å². The van der Waals surface area contributed by atoms with E-state index in [4.69, 9.17) is 4.52 Å². The lowest BCUT2D eigenvalue weighted by Crippen LogP contribution is -2.36. The van der Waals surface area contributed by atoms with E-state index in [1.54, 1.807) is 24.4 Å². The van der Waals surface area contributed by atoms with Crippen LogP contribution in [0.5, 0.6) is 0 Å². The number of carbonyl (C=O) groups is 2. The molecule has 0 saturated carbocycles. The minimum atomic E-state index is -0.151. The van der Waals surface area contributed by atoms with Gasteiger partial charge in [0.15, 0.2) is 10.9 Å². The summed E-state index contributed by atoms with van der Waals surface area (Å²) in [6.07, 6.45) is 0.747. The summed E-state index contributed by atoms with van der Waals surface area (Å²) in [6.45, 7) is 3.40. The van der Waals surface area contributed by atoms with E-state index in [9.17, 15) is 9.59 Å². The maximum Gasteiger partial charge on any atom is 0.258 e. The van der Waals surface area contributed by atoms with Crippen LogP contribution in [0, 0.1) is 6.92 Å². The van der Waals surface area contributed by atoms with Crippen LogP contribution in [0.4, 0.5) is 10.9 Å². The Hall–Kier alpha value is -2.56. The summed E-state index contributed by atoms with van der Waals surface area (Å²) in [4.78, 5) is 32.0. The molecule has 8 nitrogen and oxygen atoms in total. The number of thiophene rings is 1. The number of aromatic nitrogens is 2. The molecule has 0 saturated heterocycles. The molecule has 10 heteroatoms. The lowest BCUT2D eigenvalue weighted by molar-refractivity contribution is -0.117. The minimum absolute atomic E-state index is 0.137. The molecule has 4 heterocycles. The van der Waals surface area contributed by atoms with Crippen LogP contribution >= 0.6 is 22.7 Å². The van der Waals surface area contributed by atoms with E-state index in [0.717, 1.165) is 23.5 Å². The first-order chi connectivity index (χ1) is 13.1. The number of thiazole rings is 1. The number of nitrogens with one attached hydrogen (secondary N) is 2. The van der Waals surface area contributed by atoms with E-state index in [1.165, 1.54) is 22.7 Å².